The number of nitrogens with zero attached hydrogens (tertiary/aromatic N) is 1. The number of rotatable bonds is 10. The number of para-hydroxylation sites is 2. The molecule has 1 aliphatic carbocycles. The largest absolute Gasteiger partial charge is 0.310 e. The molecule has 0 saturated carbocycles. The first-order valence-electron chi connectivity index (χ1n) is 16.0. The lowest BCUT2D eigenvalue weighted by Gasteiger charge is -2.34. The predicted molar refractivity (Wildman–Crippen MR) is 189 cm³/mol. The van der Waals surface area contributed by atoms with Crippen molar-refractivity contribution in [3.05, 3.63) is 172 Å². The fraction of sp³-hybridized carbons (Fsp3) is 0.190. The second-order valence-electron chi connectivity index (χ2n) is 12.0. The molecule has 1 atom stereocenters. The number of aryl methyl sites for hydroxylation is 2. The van der Waals surface area contributed by atoms with Gasteiger partial charge in [-0.3, -0.25) is 0 Å². The Morgan fingerprint density at radius 1 is 0.591 bits per heavy atom. The molecule has 0 amide bonds. The third-order valence-corrected chi connectivity index (χ3v) is 10.1. The molecule has 1 unspecified atom stereocenters. The van der Waals surface area contributed by atoms with Crippen molar-refractivity contribution in [3.8, 4) is 10.4 Å². The Kier molecular flexibility index (Phi) is 7.93. The zero-order valence-electron chi connectivity index (χ0n) is 25.7. The van der Waals surface area contributed by atoms with Crippen LogP contribution in [-0.2, 0) is 11.8 Å². The molecule has 0 saturated heterocycles. The van der Waals surface area contributed by atoms with E-state index in [1.54, 1.807) is 0 Å². The zero-order valence-corrected chi connectivity index (χ0v) is 26.5. The van der Waals surface area contributed by atoms with Crippen LogP contribution >= 0.6 is 11.3 Å². The van der Waals surface area contributed by atoms with Crippen LogP contribution in [0.2, 0.25) is 0 Å². The molecule has 0 spiro atoms. The number of benzene rings is 5. The molecule has 1 aliphatic rings. The van der Waals surface area contributed by atoms with Gasteiger partial charge in [0.05, 0.1) is 5.41 Å². The summed E-state index contributed by atoms with van der Waals surface area (Å²) in [5.74, 6) is 0. The van der Waals surface area contributed by atoms with Gasteiger partial charge in [0.25, 0.3) is 0 Å². The minimum absolute atomic E-state index is 0.395. The van der Waals surface area contributed by atoms with Crippen LogP contribution in [0, 0.1) is 6.92 Å². The van der Waals surface area contributed by atoms with Crippen molar-refractivity contribution in [3.63, 3.8) is 0 Å². The highest BCUT2D eigenvalue weighted by Gasteiger charge is 2.47. The van der Waals surface area contributed by atoms with E-state index >= 15 is 0 Å². The Morgan fingerprint density at radius 3 is 1.86 bits per heavy atom. The average Bonchev–Trinajstić information content (AvgIpc) is 3.66. The van der Waals surface area contributed by atoms with Gasteiger partial charge in [0.2, 0.25) is 0 Å². The SMILES string of the molecule is CCCCCCc1ccc(C2(c3ccc(C)cc3)c3cc(N(c4ccccc4)c4ccccc4)ccc3-c3sccc32)cc1. The maximum atomic E-state index is 2.46. The first-order chi connectivity index (χ1) is 21.7. The molecule has 44 heavy (non-hydrogen) atoms. The molecule has 5 aromatic carbocycles. The van der Waals surface area contributed by atoms with Crippen LogP contribution in [-0.4, -0.2) is 0 Å². The summed E-state index contributed by atoms with van der Waals surface area (Å²) in [5.41, 5.74) is 12.5. The number of hydrogen-bond acceptors (Lipinski definition) is 2. The predicted octanol–water partition coefficient (Wildman–Crippen LogP) is 12.0. The van der Waals surface area contributed by atoms with Crippen LogP contribution in [0.5, 0.6) is 0 Å². The molecule has 0 fully saturated rings. The maximum absolute atomic E-state index is 2.46. The summed E-state index contributed by atoms with van der Waals surface area (Å²) in [6.07, 6.45) is 6.29. The molecule has 2 heteroatoms. The molecule has 0 radical (unpaired) electrons. The molecule has 0 bridgehead atoms. The van der Waals surface area contributed by atoms with Crippen molar-refractivity contribution in [2.75, 3.05) is 4.90 Å². The smallest absolute Gasteiger partial charge is 0.0722 e. The van der Waals surface area contributed by atoms with E-state index in [4.69, 9.17) is 0 Å². The Labute approximate surface area is 266 Å². The number of anilines is 3. The second-order valence-corrected chi connectivity index (χ2v) is 12.9. The molecule has 0 N–H and O–H groups in total. The Hall–Kier alpha value is -4.40. The van der Waals surface area contributed by atoms with E-state index in [2.05, 4.69) is 158 Å². The minimum Gasteiger partial charge on any atom is -0.310 e. The van der Waals surface area contributed by atoms with Gasteiger partial charge in [0.15, 0.2) is 0 Å². The fourth-order valence-corrected chi connectivity index (χ4v) is 8.00. The lowest BCUT2D eigenvalue weighted by atomic mass is 9.67. The summed E-state index contributed by atoms with van der Waals surface area (Å²) >= 11 is 1.86. The van der Waals surface area contributed by atoms with Gasteiger partial charge in [0.1, 0.15) is 0 Å². The standard InChI is InChI=1S/C42H39NS/c1-3-4-5-8-13-32-20-24-34(25-21-32)42(33-22-18-31(2)19-23-33)39-28-29-44-41(39)38-27-26-37(30-40(38)42)43(35-14-9-6-10-15-35)36-16-11-7-12-17-36/h6-7,9-12,14-30H,3-5,8,13H2,1-2H3. The lowest BCUT2D eigenvalue weighted by molar-refractivity contribution is 0.666. The first kappa shape index (κ1) is 28.4. The van der Waals surface area contributed by atoms with Gasteiger partial charge < -0.3 is 4.90 Å². The van der Waals surface area contributed by atoms with E-state index in [1.165, 1.54) is 75.2 Å². The molecule has 218 valence electrons. The van der Waals surface area contributed by atoms with Gasteiger partial charge in [-0.25, -0.2) is 0 Å². The van der Waals surface area contributed by atoms with Gasteiger partial charge in [-0.2, -0.15) is 0 Å². The molecule has 0 aliphatic heterocycles. The molecular formula is C42H39NS. The van der Waals surface area contributed by atoms with Crippen LogP contribution in [0.4, 0.5) is 17.1 Å². The normalized spacial score (nSPS) is 15.1. The van der Waals surface area contributed by atoms with Crippen LogP contribution in [0.1, 0.15) is 66.0 Å². The maximum Gasteiger partial charge on any atom is 0.0722 e. The average molecular weight is 590 g/mol. The summed E-state index contributed by atoms with van der Waals surface area (Å²) in [5, 5.41) is 2.27. The van der Waals surface area contributed by atoms with Gasteiger partial charge in [0, 0.05) is 21.9 Å². The fourth-order valence-electron chi connectivity index (χ4n) is 7.01. The van der Waals surface area contributed by atoms with Crippen molar-refractivity contribution in [1.82, 2.24) is 0 Å². The van der Waals surface area contributed by atoms with E-state index in [-0.39, 0.29) is 0 Å². The highest BCUT2D eigenvalue weighted by atomic mass is 32.1. The molecule has 7 rings (SSSR count). The molecular weight excluding hydrogens is 551 g/mol. The summed E-state index contributed by atoms with van der Waals surface area (Å²) in [4.78, 5) is 3.76. The summed E-state index contributed by atoms with van der Waals surface area (Å²) in [6, 6.07) is 49.8. The number of fused-ring (bicyclic) bond motifs is 3. The van der Waals surface area contributed by atoms with Gasteiger partial charge in [-0.15, -0.1) is 11.3 Å². The Balaban J connectivity index is 1.43. The third kappa shape index (κ3) is 4.98. The van der Waals surface area contributed by atoms with E-state index in [9.17, 15) is 0 Å². The topological polar surface area (TPSA) is 3.24 Å². The van der Waals surface area contributed by atoms with Crippen LogP contribution in [0.25, 0.3) is 10.4 Å². The van der Waals surface area contributed by atoms with E-state index in [0.717, 1.165) is 17.8 Å². The van der Waals surface area contributed by atoms with Gasteiger partial charge in [-0.1, -0.05) is 123 Å². The van der Waals surface area contributed by atoms with Crippen LogP contribution < -0.4 is 4.90 Å². The quantitative estimate of drug-likeness (QED) is 0.143. The van der Waals surface area contributed by atoms with Crippen molar-refractivity contribution < 1.29 is 0 Å². The van der Waals surface area contributed by atoms with E-state index in [1.807, 2.05) is 11.3 Å². The molecule has 1 heterocycles. The monoisotopic (exact) mass is 589 g/mol. The highest BCUT2D eigenvalue weighted by Crippen LogP contribution is 2.59. The number of hydrogen-bond donors (Lipinski definition) is 0. The van der Waals surface area contributed by atoms with Crippen molar-refractivity contribution >= 4 is 28.4 Å². The minimum atomic E-state index is -0.395. The lowest BCUT2D eigenvalue weighted by Crippen LogP contribution is -2.28. The number of unbranched alkanes of at least 4 members (excludes halogenated alkanes) is 3. The number of thiophene rings is 1. The van der Waals surface area contributed by atoms with Crippen molar-refractivity contribution in [2.24, 2.45) is 0 Å². The van der Waals surface area contributed by atoms with E-state index in [0.29, 0.717) is 0 Å². The Morgan fingerprint density at radius 2 is 1.23 bits per heavy atom. The summed E-state index contributed by atoms with van der Waals surface area (Å²) < 4.78 is 0. The molecule has 1 nitrogen and oxygen atoms in total. The Bertz CT molecular complexity index is 1800. The van der Waals surface area contributed by atoms with Crippen molar-refractivity contribution in [2.45, 2.75) is 51.4 Å². The second kappa shape index (κ2) is 12.3. The highest BCUT2D eigenvalue weighted by molar-refractivity contribution is 7.14. The molecule has 6 aromatic rings. The zero-order chi connectivity index (χ0) is 29.9. The van der Waals surface area contributed by atoms with Gasteiger partial charge >= 0.3 is 0 Å². The van der Waals surface area contributed by atoms with Crippen molar-refractivity contribution in [1.29, 1.82) is 0 Å². The summed E-state index contributed by atoms with van der Waals surface area (Å²) in [6.45, 7) is 4.46. The van der Waals surface area contributed by atoms with Crippen LogP contribution in [0.3, 0.4) is 0 Å². The molecule has 1 aromatic heterocycles. The van der Waals surface area contributed by atoms with Crippen LogP contribution in [0.15, 0.2) is 139 Å². The summed E-state index contributed by atoms with van der Waals surface area (Å²) in [7, 11) is 0. The third-order valence-electron chi connectivity index (χ3n) is 9.20. The van der Waals surface area contributed by atoms with E-state index < -0.39 is 5.41 Å². The van der Waals surface area contributed by atoms with Gasteiger partial charge in [-0.05, 0) is 101 Å². The first-order valence-corrected chi connectivity index (χ1v) is 16.9.